The number of ketones is 1. The van der Waals surface area contributed by atoms with E-state index in [2.05, 4.69) is 0 Å². The van der Waals surface area contributed by atoms with E-state index in [-0.39, 0.29) is 17.9 Å². The van der Waals surface area contributed by atoms with Gasteiger partial charge in [0, 0.05) is 5.56 Å². The largest absolute Gasteiger partial charge is 0.492 e. The van der Waals surface area contributed by atoms with Crippen LogP contribution in [0.4, 0.5) is 13.2 Å². The van der Waals surface area contributed by atoms with Gasteiger partial charge in [-0.15, -0.1) is 0 Å². The fourth-order valence-electron chi connectivity index (χ4n) is 1.47. The first-order valence-corrected chi connectivity index (χ1v) is 5.10. The number of hydrogen-bond acceptors (Lipinski definition) is 3. The third-order valence-corrected chi connectivity index (χ3v) is 2.22. The maximum absolute atomic E-state index is 12.8. The van der Waals surface area contributed by atoms with Crippen LogP contribution >= 0.6 is 0 Å². The van der Waals surface area contributed by atoms with Crippen molar-refractivity contribution >= 4 is 5.78 Å². The zero-order valence-corrected chi connectivity index (χ0v) is 9.76. The molecule has 0 aromatic heterocycles. The molecule has 1 aromatic carbocycles. The Morgan fingerprint density at radius 3 is 2.44 bits per heavy atom. The van der Waals surface area contributed by atoms with Gasteiger partial charge in [0.2, 0.25) is 0 Å². The first-order valence-electron chi connectivity index (χ1n) is 5.10. The number of ether oxygens (including phenoxy) is 1. The third-order valence-electron chi connectivity index (χ3n) is 2.22. The van der Waals surface area contributed by atoms with Crippen LogP contribution in [0, 0.1) is 11.3 Å². The minimum Gasteiger partial charge on any atom is -0.492 e. The molecule has 6 heteroatoms. The summed E-state index contributed by atoms with van der Waals surface area (Å²) in [5.74, 6) is -0.917. The van der Waals surface area contributed by atoms with Crippen molar-refractivity contribution in [3.63, 3.8) is 0 Å². The van der Waals surface area contributed by atoms with Crippen LogP contribution in [-0.4, -0.2) is 12.4 Å². The van der Waals surface area contributed by atoms with E-state index >= 15 is 0 Å². The molecular weight excluding hydrogens is 247 g/mol. The fourth-order valence-corrected chi connectivity index (χ4v) is 1.47. The minimum absolute atomic E-state index is 0.0879. The standard InChI is InChI=1S/C12H10F3NO2/c1-3-18-11-5-10(12(13,14)15)9(7(2)17)4-8(11)6-16/h4-5H,3H2,1-2H3. The van der Waals surface area contributed by atoms with Gasteiger partial charge >= 0.3 is 6.18 Å². The molecule has 0 radical (unpaired) electrons. The molecule has 18 heavy (non-hydrogen) atoms. The highest BCUT2D eigenvalue weighted by Gasteiger charge is 2.35. The summed E-state index contributed by atoms with van der Waals surface area (Å²) in [4.78, 5) is 11.2. The monoisotopic (exact) mass is 257 g/mol. The molecule has 0 saturated heterocycles. The lowest BCUT2D eigenvalue weighted by molar-refractivity contribution is -0.138. The third kappa shape index (κ3) is 2.80. The molecule has 3 nitrogen and oxygen atoms in total. The maximum Gasteiger partial charge on any atom is 0.417 e. The van der Waals surface area contributed by atoms with Gasteiger partial charge in [-0.1, -0.05) is 0 Å². The van der Waals surface area contributed by atoms with Crippen molar-refractivity contribution < 1.29 is 22.7 Å². The summed E-state index contributed by atoms with van der Waals surface area (Å²) in [6, 6.07) is 3.32. The second-order valence-electron chi connectivity index (χ2n) is 3.49. The molecule has 96 valence electrons. The maximum atomic E-state index is 12.8. The van der Waals surface area contributed by atoms with Gasteiger partial charge in [-0.05, 0) is 26.0 Å². The Labute approximate surface area is 102 Å². The molecule has 0 aliphatic heterocycles. The summed E-state index contributed by atoms with van der Waals surface area (Å²) in [5, 5.41) is 8.82. The lowest BCUT2D eigenvalue weighted by Crippen LogP contribution is -2.13. The molecule has 0 unspecified atom stereocenters. The molecule has 0 atom stereocenters. The number of halogens is 3. The normalized spacial score (nSPS) is 10.9. The lowest BCUT2D eigenvalue weighted by Gasteiger charge is -2.14. The predicted octanol–water partition coefficient (Wildman–Crippen LogP) is 3.18. The van der Waals surface area contributed by atoms with Crippen molar-refractivity contribution in [2.45, 2.75) is 20.0 Å². The van der Waals surface area contributed by atoms with E-state index in [9.17, 15) is 18.0 Å². The number of Topliss-reactive ketones (excluding diaryl/α,β-unsaturated/α-hetero) is 1. The van der Waals surface area contributed by atoms with Crippen LogP contribution in [0.3, 0.4) is 0 Å². The van der Waals surface area contributed by atoms with Crippen LogP contribution < -0.4 is 4.74 Å². The number of nitriles is 1. The molecule has 0 amide bonds. The molecule has 0 spiro atoms. The molecule has 0 saturated carbocycles. The van der Waals surface area contributed by atoms with E-state index in [4.69, 9.17) is 10.00 Å². The number of nitrogens with zero attached hydrogens (tertiary/aromatic N) is 1. The highest BCUT2D eigenvalue weighted by Crippen LogP contribution is 2.36. The van der Waals surface area contributed by atoms with Gasteiger partial charge in [0.05, 0.1) is 17.7 Å². The van der Waals surface area contributed by atoms with Crippen molar-refractivity contribution in [2.75, 3.05) is 6.61 Å². The van der Waals surface area contributed by atoms with Crippen molar-refractivity contribution in [3.05, 3.63) is 28.8 Å². The highest BCUT2D eigenvalue weighted by molar-refractivity contribution is 5.96. The quantitative estimate of drug-likeness (QED) is 0.781. The smallest absolute Gasteiger partial charge is 0.417 e. The molecule has 1 aromatic rings. The summed E-state index contributed by atoms with van der Waals surface area (Å²) in [6.45, 7) is 2.74. The van der Waals surface area contributed by atoms with Crippen molar-refractivity contribution in [3.8, 4) is 11.8 Å². The molecule has 0 aliphatic carbocycles. The zero-order chi connectivity index (χ0) is 13.9. The molecule has 0 aliphatic rings. The van der Waals surface area contributed by atoms with Gasteiger partial charge in [0.1, 0.15) is 11.8 Å². The summed E-state index contributed by atoms with van der Waals surface area (Å²) in [7, 11) is 0. The molecular formula is C12H10F3NO2. The second-order valence-corrected chi connectivity index (χ2v) is 3.49. The number of hydrogen-bond donors (Lipinski definition) is 0. The van der Waals surface area contributed by atoms with Crippen molar-refractivity contribution in [2.24, 2.45) is 0 Å². The molecule has 0 bridgehead atoms. The Balaban J connectivity index is 3.54. The van der Waals surface area contributed by atoms with Gasteiger partial charge in [0.25, 0.3) is 0 Å². The average molecular weight is 257 g/mol. The van der Waals surface area contributed by atoms with E-state index in [1.165, 1.54) is 0 Å². The number of alkyl halides is 3. The van der Waals surface area contributed by atoms with Gasteiger partial charge in [0.15, 0.2) is 5.78 Å². The summed E-state index contributed by atoms with van der Waals surface area (Å²) in [5.41, 5.74) is -1.70. The molecule has 1 rings (SSSR count). The van der Waals surface area contributed by atoms with Gasteiger partial charge in [-0.25, -0.2) is 0 Å². The second kappa shape index (κ2) is 5.08. The number of carbonyl (C=O) groups excluding carboxylic acids is 1. The van der Waals surface area contributed by atoms with Crippen LogP contribution in [0.15, 0.2) is 12.1 Å². The number of benzene rings is 1. The van der Waals surface area contributed by atoms with E-state index < -0.39 is 23.1 Å². The molecule has 0 N–H and O–H groups in total. The average Bonchev–Trinajstić information content (AvgIpc) is 2.27. The summed E-state index contributed by atoms with van der Waals surface area (Å²) >= 11 is 0. The number of rotatable bonds is 3. The first-order chi connectivity index (χ1) is 8.31. The molecule has 0 fully saturated rings. The molecule has 0 heterocycles. The summed E-state index contributed by atoms with van der Waals surface area (Å²) in [6.07, 6.45) is -4.67. The Morgan fingerprint density at radius 1 is 1.44 bits per heavy atom. The van der Waals surface area contributed by atoms with Gasteiger partial charge in [-0.2, -0.15) is 18.4 Å². The van der Waals surface area contributed by atoms with Crippen LogP contribution in [0.25, 0.3) is 0 Å². The van der Waals surface area contributed by atoms with Crippen LogP contribution in [0.5, 0.6) is 5.75 Å². The van der Waals surface area contributed by atoms with E-state index in [0.29, 0.717) is 6.07 Å². The Bertz CT molecular complexity index is 515. The first kappa shape index (κ1) is 14.0. The van der Waals surface area contributed by atoms with E-state index in [1.807, 2.05) is 0 Å². The highest BCUT2D eigenvalue weighted by atomic mass is 19.4. The topological polar surface area (TPSA) is 50.1 Å². The predicted molar refractivity (Wildman–Crippen MR) is 57.3 cm³/mol. The van der Waals surface area contributed by atoms with Gasteiger partial charge < -0.3 is 4.74 Å². The minimum atomic E-state index is -4.67. The van der Waals surface area contributed by atoms with Crippen LogP contribution in [0.2, 0.25) is 0 Å². The Hall–Kier alpha value is -2.03. The Morgan fingerprint density at radius 2 is 2.06 bits per heavy atom. The van der Waals surface area contributed by atoms with Gasteiger partial charge in [-0.3, -0.25) is 4.79 Å². The fraction of sp³-hybridized carbons (Fsp3) is 0.333. The van der Waals surface area contributed by atoms with E-state index in [1.54, 1.807) is 13.0 Å². The number of carbonyl (C=O) groups is 1. The van der Waals surface area contributed by atoms with Crippen LogP contribution in [0.1, 0.15) is 35.3 Å². The van der Waals surface area contributed by atoms with Crippen molar-refractivity contribution in [1.82, 2.24) is 0 Å². The van der Waals surface area contributed by atoms with Crippen molar-refractivity contribution in [1.29, 1.82) is 5.26 Å². The van der Waals surface area contributed by atoms with Crippen LogP contribution in [-0.2, 0) is 6.18 Å². The summed E-state index contributed by atoms with van der Waals surface area (Å²) < 4.78 is 43.3. The SMILES string of the molecule is CCOc1cc(C(F)(F)F)c(C(C)=O)cc1C#N. The zero-order valence-electron chi connectivity index (χ0n) is 9.76. The van der Waals surface area contributed by atoms with E-state index in [0.717, 1.165) is 13.0 Å². The Kier molecular flexibility index (Phi) is 3.96. The lowest BCUT2D eigenvalue weighted by atomic mass is 10.00.